The quantitative estimate of drug-likeness (QED) is 0.413. The molecule has 1 saturated heterocycles. The first-order valence-electron chi connectivity index (χ1n) is 11.5. The predicted molar refractivity (Wildman–Crippen MR) is 132 cm³/mol. The fourth-order valence-corrected chi connectivity index (χ4v) is 4.12. The van der Waals surface area contributed by atoms with E-state index in [4.69, 9.17) is 10.8 Å². The van der Waals surface area contributed by atoms with Crippen LogP contribution in [0.15, 0.2) is 53.5 Å². The van der Waals surface area contributed by atoms with Crippen LogP contribution < -0.4 is 5.73 Å². The fraction of sp³-hybridized carbons (Fsp3) is 0.360. The Kier molecular flexibility index (Phi) is 6.83. The third kappa shape index (κ3) is 5.32. The Morgan fingerprint density at radius 3 is 2.46 bits per heavy atom. The Morgan fingerprint density at radius 2 is 1.83 bits per heavy atom. The van der Waals surface area contributed by atoms with E-state index in [2.05, 4.69) is 15.1 Å². The second-order valence-corrected chi connectivity index (χ2v) is 9.17. The van der Waals surface area contributed by atoms with Crippen molar-refractivity contribution in [3.8, 4) is 11.1 Å². The molecule has 0 bridgehead atoms. The van der Waals surface area contributed by atoms with Gasteiger partial charge in [0.2, 0.25) is 0 Å². The maximum Gasteiger partial charge on any atom is 0.317 e. The molecule has 1 fully saturated rings. The molecule has 35 heavy (non-hydrogen) atoms. The second-order valence-electron chi connectivity index (χ2n) is 9.17. The molecule has 10 heteroatoms. The molecule has 4 rings (SSSR count). The lowest BCUT2D eigenvalue weighted by Gasteiger charge is -2.34. The molecule has 0 unspecified atom stereocenters. The van der Waals surface area contributed by atoms with Crippen molar-refractivity contribution in [1.82, 2.24) is 24.6 Å². The van der Waals surface area contributed by atoms with Gasteiger partial charge in [-0.1, -0.05) is 42.5 Å². The molecule has 184 valence electrons. The molecule has 0 aliphatic carbocycles. The molecule has 3 N–H and O–H groups in total. The number of carboxylic acid groups (broad SMARTS) is 1. The highest BCUT2D eigenvalue weighted by Gasteiger charge is 2.30. The van der Waals surface area contributed by atoms with Crippen molar-refractivity contribution < 1.29 is 14.3 Å². The zero-order valence-electron chi connectivity index (χ0n) is 20.1. The maximum absolute atomic E-state index is 15.0. The summed E-state index contributed by atoms with van der Waals surface area (Å²) in [5, 5.41) is 13.5. The first-order valence-corrected chi connectivity index (χ1v) is 11.5. The highest BCUT2D eigenvalue weighted by atomic mass is 19.1. The van der Waals surface area contributed by atoms with Gasteiger partial charge in [0.25, 0.3) is 5.95 Å². The van der Waals surface area contributed by atoms with Crippen LogP contribution in [-0.2, 0) is 17.3 Å². The van der Waals surface area contributed by atoms with Crippen LogP contribution in [0.2, 0.25) is 0 Å². The number of hydrogen-bond donors (Lipinski definition) is 2. The van der Waals surface area contributed by atoms with E-state index in [-0.39, 0.29) is 12.4 Å². The molecule has 2 heterocycles. The molecule has 0 spiro atoms. The predicted octanol–water partition coefficient (Wildman–Crippen LogP) is 2.60. The topological polar surface area (TPSA) is 113 Å². The van der Waals surface area contributed by atoms with Gasteiger partial charge in [-0.3, -0.25) is 9.69 Å². The van der Waals surface area contributed by atoms with E-state index in [0.29, 0.717) is 49.5 Å². The van der Waals surface area contributed by atoms with E-state index in [0.717, 1.165) is 11.1 Å². The number of nitrogens with two attached hydrogens (primary N) is 1. The Hall–Kier alpha value is -3.79. The van der Waals surface area contributed by atoms with E-state index in [9.17, 15) is 4.79 Å². The highest BCUT2D eigenvalue weighted by molar-refractivity contribution is 5.80. The van der Waals surface area contributed by atoms with Crippen molar-refractivity contribution in [2.75, 3.05) is 32.7 Å². The van der Waals surface area contributed by atoms with Gasteiger partial charge in [-0.25, -0.2) is 9.07 Å². The van der Waals surface area contributed by atoms with Gasteiger partial charge in [0.1, 0.15) is 5.82 Å². The van der Waals surface area contributed by atoms with Gasteiger partial charge in [-0.15, -0.1) is 0 Å². The number of guanidine groups is 1. The molecule has 3 aromatic rings. The summed E-state index contributed by atoms with van der Waals surface area (Å²) in [4.78, 5) is 23.7. The first kappa shape index (κ1) is 24.3. The van der Waals surface area contributed by atoms with Crippen LogP contribution in [0.5, 0.6) is 0 Å². The van der Waals surface area contributed by atoms with E-state index >= 15 is 4.39 Å². The summed E-state index contributed by atoms with van der Waals surface area (Å²) in [6.07, 6.45) is 0. The third-order valence-corrected chi connectivity index (χ3v) is 6.34. The van der Waals surface area contributed by atoms with Crippen LogP contribution in [0.4, 0.5) is 10.3 Å². The molecule has 1 aliphatic heterocycles. The van der Waals surface area contributed by atoms with Crippen molar-refractivity contribution in [3.05, 3.63) is 65.7 Å². The van der Waals surface area contributed by atoms with Gasteiger partial charge in [-0.2, -0.15) is 15.1 Å². The summed E-state index contributed by atoms with van der Waals surface area (Å²) >= 11 is 0. The molecule has 0 atom stereocenters. The summed E-state index contributed by atoms with van der Waals surface area (Å²) < 4.78 is 16.6. The van der Waals surface area contributed by atoms with Gasteiger partial charge < -0.3 is 15.7 Å². The number of hydrogen-bond acceptors (Lipinski definition) is 5. The van der Waals surface area contributed by atoms with Crippen molar-refractivity contribution in [2.24, 2.45) is 17.8 Å². The van der Waals surface area contributed by atoms with Crippen LogP contribution in [0.25, 0.3) is 11.1 Å². The largest absolute Gasteiger partial charge is 0.480 e. The number of piperazine rings is 1. The molecule has 0 saturated carbocycles. The normalized spacial score (nSPS) is 15.4. The second kappa shape index (κ2) is 9.83. The van der Waals surface area contributed by atoms with Gasteiger partial charge in [0.15, 0.2) is 11.8 Å². The number of carbonyl (C=O) groups is 1. The Labute approximate surface area is 203 Å². The Bertz CT molecular complexity index is 1230. The van der Waals surface area contributed by atoms with E-state index in [1.165, 1.54) is 6.07 Å². The Balaban J connectivity index is 1.52. The third-order valence-electron chi connectivity index (χ3n) is 6.34. The summed E-state index contributed by atoms with van der Waals surface area (Å²) in [6, 6.07) is 14.6. The lowest BCUT2D eigenvalue weighted by molar-refractivity contribution is -0.138. The van der Waals surface area contributed by atoms with Crippen LogP contribution in [0, 0.1) is 5.82 Å². The van der Waals surface area contributed by atoms with Crippen LogP contribution in [0.1, 0.15) is 25.2 Å². The van der Waals surface area contributed by atoms with Crippen molar-refractivity contribution >= 4 is 17.9 Å². The number of rotatable bonds is 6. The number of nitrogens with zero attached hydrogens (tertiary/aromatic N) is 6. The van der Waals surface area contributed by atoms with Crippen molar-refractivity contribution in [3.63, 3.8) is 0 Å². The summed E-state index contributed by atoms with van der Waals surface area (Å²) in [6.45, 7) is 6.22. The number of aromatic nitrogens is 3. The van der Waals surface area contributed by atoms with Gasteiger partial charge in [-0.05, 0) is 31.0 Å². The lowest BCUT2D eigenvalue weighted by Crippen LogP contribution is -2.52. The highest BCUT2D eigenvalue weighted by Crippen LogP contribution is 2.33. The minimum atomic E-state index is -0.844. The number of carboxylic acids is 1. The standard InChI is InChI=1S/C25H30FN7O2/c1-25(2,18-9-10-19(20(26)15-18)17-7-5-4-6-8-17)22-28-24(31(3)30-22)29-23(27)33-13-11-32(12-14-33)16-21(34)35/h4-10,15H,11-14,16H2,1-3H3,(H,34,35)(H2,27,28,29,30). The van der Waals surface area contributed by atoms with Crippen LogP contribution in [0.3, 0.4) is 0 Å². The number of aliphatic carboxylic acids is 1. The molecule has 2 aromatic carbocycles. The van der Waals surface area contributed by atoms with E-state index < -0.39 is 11.4 Å². The lowest BCUT2D eigenvalue weighted by atomic mass is 9.83. The Morgan fingerprint density at radius 1 is 1.14 bits per heavy atom. The van der Waals surface area contributed by atoms with E-state index in [1.54, 1.807) is 17.8 Å². The fourth-order valence-electron chi connectivity index (χ4n) is 4.12. The molecular formula is C25H30FN7O2. The average molecular weight is 480 g/mol. The SMILES string of the molecule is Cn1nc(C(C)(C)c2ccc(-c3ccccc3)c(F)c2)nc1/N=C(\N)N1CCN(CC(=O)O)CC1. The van der Waals surface area contributed by atoms with Crippen molar-refractivity contribution in [2.45, 2.75) is 19.3 Å². The summed E-state index contributed by atoms with van der Waals surface area (Å²) in [7, 11) is 1.74. The first-order chi connectivity index (χ1) is 16.6. The van der Waals surface area contributed by atoms with Crippen molar-refractivity contribution in [1.29, 1.82) is 0 Å². The number of aryl methyl sites for hydroxylation is 1. The molecular weight excluding hydrogens is 449 g/mol. The van der Waals surface area contributed by atoms with Gasteiger partial charge in [0.05, 0.1) is 12.0 Å². The van der Waals surface area contributed by atoms with Gasteiger partial charge >= 0.3 is 5.97 Å². The number of benzene rings is 2. The maximum atomic E-state index is 15.0. The summed E-state index contributed by atoms with van der Waals surface area (Å²) in [5.74, 6) is 0.00818. The average Bonchev–Trinajstić information content (AvgIpc) is 3.20. The van der Waals surface area contributed by atoms with Gasteiger partial charge in [0, 0.05) is 38.8 Å². The molecule has 1 aromatic heterocycles. The monoisotopic (exact) mass is 479 g/mol. The molecule has 9 nitrogen and oxygen atoms in total. The number of aliphatic imine (C=N–C) groups is 1. The minimum absolute atomic E-state index is 0.0134. The zero-order valence-corrected chi connectivity index (χ0v) is 20.1. The molecule has 1 aliphatic rings. The smallest absolute Gasteiger partial charge is 0.317 e. The van der Waals surface area contributed by atoms with Crippen LogP contribution >= 0.6 is 0 Å². The molecule has 0 amide bonds. The van der Waals surface area contributed by atoms with Crippen LogP contribution in [-0.4, -0.2) is 74.3 Å². The molecule has 0 radical (unpaired) electrons. The zero-order chi connectivity index (χ0) is 25.2. The number of halogens is 1. The minimum Gasteiger partial charge on any atom is -0.480 e. The van der Waals surface area contributed by atoms with E-state index in [1.807, 2.05) is 60.0 Å². The summed E-state index contributed by atoms with van der Waals surface area (Å²) in [5.41, 5.74) is 7.67.